The molecule has 1 fully saturated rings. The van der Waals surface area contributed by atoms with E-state index in [2.05, 4.69) is 39.2 Å². The van der Waals surface area contributed by atoms with Gasteiger partial charge in [-0.3, -0.25) is 9.59 Å². The summed E-state index contributed by atoms with van der Waals surface area (Å²) in [7, 11) is -0.439. The summed E-state index contributed by atoms with van der Waals surface area (Å²) in [6, 6.07) is -0.152. The van der Waals surface area contributed by atoms with E-state index in [1.165, 1.54) is 19.4 Å². The van der Waals surface area contributed by atoms with E-state index < -0.39 is 8.32 Å². The number of amides is 1. The van der Waals surface area contributed by atoms with Gasteiger partial charge in [-0.1, -0.05) is 20.8 Å². The Morgan fingerprint density at radius 3 is 2.45 bits per heavy atom. The fraction of sp³-hybridized carbons (Fsp3) is 0.750. The Bertz CT molecular complexity index is 454. The Hall–Kier alpha value is -1.14. The van der Waals surface area contributed by atoms with Crippen molar-refractivity contribution < 1.29 is 18.8 Å². The molecule has 1 aliphatic rings. The molecule has 0 bridgehead atoms. The molecule has 0 spiro atoms. The second kappa shape index (κ2) is 6.96. The minimum absolute atomic E-state index is 0.0280. The number of allylic oxidation sites excluding steroid dienone is 1. The third-order valence-corrected chi connectivity index (χ3v) is 9.24. The number of rotatable bonds is 7. The predicted molar refractivity (Wildman–Crippen MR) is 88.9 cm³/mol. The molecule has 22 heavy (non-hydrogen) atoms. The average Bonchev–Trinajstić information content (AvgIpc) is 2.33. The molecule has 1 amide bonds. The number of ether oxygens (including phenoxy) is 1. The van der Waals surface area contributed by atoms with E-state index >= 15 is 0 Å². The number of hydrogen-bond donors (Lipinski definition) is 1. The van der Waals surface area contributed by atoms with Crippen LogP contribution in [0.25, 0.3) is 0 Å². The predicted octanol–water partition coefficient (Wildman–Crippen LogP) is 2.63. The van der Waals surface area contributed by atoms with E-state index in [0.29, 0.717) is 0 Å². The van der Waals surface area contributed by atoms with Crippen LogP contribution in [0.2, 0.25) is 18.1 Å². The Morgan fingerprint density at radius 1 is 1.41 bits per heavy atom. The molecule has 1 aliphatic heterocycles. The van der Waals surface area contributed by atoms with Crippen LogP contribution in [0, 0.1) is 5.92 Å². The van der Waals surface area contributed by atoms with Crippen LogP contribution >= 0.6 is 0 Å². The van der Waals surface area contributed by atoms with Crippen molar-refractivity contribution in [1.82, 2.24) is 5.32 Å². The second-order valence-corrected chi connectivity index (χ2v) is 12.2. The summed E-state index contributed by atoms with van der Waals surface area (Å²) in [5, 5.41) is 2.90. The molecular formula is C16H29NO4Si. The van der Waals surface area contributed by atoms with Gasteiger partial charge in [0.2, 0.25) is 5.91 Å². The van der Waals surface area contributed by atoms with E-state index in [1.54, 1.807) is 0 Å². The van der Waals surface area contributed by atoms with Crippen molar-refractivity contribution in [2.75, 3.05) is 7.11 Å². The molecule has 0 aromatic carbocycles. The summed E-state index contributed by atoms with van der Waals surface area (Å²) in [6.45, 7) is 12.8. The van der Waals surface area contributed by atoms with Crippen molar-refractivity contribution in [3.05, 3.63) is 12.3 Å². The van der Waals surface area contributed by atoms with E-state index in [-0.39, 0.29) is 41.2 Å². The maximum absolute atomic E-state index is 11.9. The van der Waals surface area contributed by atoms with Crippen molar-refractivity contribution in [2.24, 2.45) is 5.92 Å². The molecule has 0 aromatic rings. The van der Waals surface area contributed by atoms with Crippen molar-refractivity contribution >= 4 is 20.0 Å². The highest BCUT2D eigenvalue weighted by atomic mass is 28.4. The third-order valence-electron chi connectivity index (χ3n) is 4.67. The zero-order valence-electron chi connectivity index (χ0n) is 14.7. The first-order valence-electron chi connectivity index (χ1n) is 7.70. The van der Waals surface area contributed by atoms with Crippen LogP contribution in [0.1, 0.15) is 34.1 Å². The number of β-lactam (4-membered cyclic amide) rings is 1. The SMILES string of the molecule is COC=CC(=O)C[C@H]1NC(=O)[C@@H]1[C@@H](C)O[Si](C)(C)C(C)(C)C. The zero-order valence-corrected chi connectivity index (χ0v) is 15.7. The number of ketones is 1. The van der Waals surface area contributed by atoms with Crippen LogP contribution in [0.4, 0.5) is 0 Å². The molecular weight excluding hydrogens is 298 g/mol. The molecule has 0 radical (unpaired) electrons. The summed E-state index contributed by atoms with van der Waals surface area (Å²) in [6.07, 6.45) is 2.84. The lowest BCUT2D eigenvalue weighted by Crippen LogP contribution is -2.64. The molecule has 126 valence electrons. The quantitative estimate of drug-likeness (QED) is 0.338. The van der Waals surface area contributed by atoms with Crippen LogP contribution in [-0.4, -0.2) is 39.3 Å². The van der Waals surface area contributed by atoms with Gasteiger partial charge in [-0.25, -0.2) is 0 Å². The molecule has 6 heteroatoms. The highest BCUT2D eigenvalue weighted by Gasteiger charge is 2.47. The smallest absolute Gasteiger partial charge is 0.228 e. The normalized spacial score (nSPS) is 23.9. The highest BCUT2D eigenvalue weighted by molar-refractivity contribution is 6.74. The number of hydrogen-bond acceptors (Lipinski definition) is 4. The lowest BCUT2D eigenvalue weighted by atomic mass is 9.83. The molecule has 0 unspecified atom stereocenters. The van der Waals surface area contributed by atoms with Gasteiger partial charge in [0.25, 0.3) is 0 Å². The summed E-state index contributed by atoms with van der Waals surface area (Å²) in [5.74, 6) is -0.342. The minimum Gasteiger partial charge on any atom is -0.504 e. The highest BCUT2D eigenvalue weighted by Crippen LogP contribution is 2.39. The fourth-order valence-electron chi connectivity index (χ4n) is 2.32. The number of carbonyl (C=O) groups is 2. The van der Waals surface area contributed by atoms with Gasteiger partial charge in [-0.2, -0.15) is 0 Å². The molecule has 1 rings (SSSR count). The number of carbonyl (C=O) groups excluding carboxylic acids is 2. The zero-order chi connectivity index (χ0) is 17.1. The first kappa shape index (κ1) is 18.9. The van der Waals surface area contributed by atoms with Crippen molar-refractivity contribution in [3.8, 4) is 0 Å². The fourth-order valence-corrected chi connectivity index (χ4v) is 3.75. The van der Waals surface area contributed by atoms with Gasteiger partial charge < -0.3 is 14.5 Å². The monoisotopic (exact) mass is 327 g/mol. The largest absolute Gasteiger partial charge is 0.504 e. The lowest BCUT2D eigenvalue weighted by Gasteiger charge is -2.45. The Morgan fingerprint density at radius 2 is 2.00 bits per heavy atom. The Labute approximate surface area is 134 Å². The maximum Gasteiger partial charge on any atom is 0.228 e. The van der Waals surface area contributed by atoms with E-state index in [1.807, 2.05) is 6.92 Å². The van der Waals surface area contributed by atoms with Crippen LogP contribution in [0.3, 0.4) is 0 Å². The van der Waals surface area contributed by atoms with Gasteiger partial charge in [0.15, 0.2) is 14.1 Å². The molecule has 5 nitrogen and oxygen atoms in total. The van der Waals surface area contributed by atoms with Gasteiger partial charge in [0.1, 0.15) is 0 Å². The van der Waals surface area contributed by atoms with Crippen LogP contribution < -0.4 is 5.32 Å². The molecule has 1 N–H and O–H groups in total. The molecule has 0 saturated carbocycles. The Balaban J connectivity index is 2.67. The second-order valence-electron chi connectivity index (χ2n) is 7.43. The van der Waals surface area contributed by atoms with Crippen molar-refractivity contribution in [3.63, 3.8) is 0 Å². The third kappa shape index (κ3) is 4.43. The maximum atomic E-state index is 11.9. The van der Waals surface area contributed by atoms with Gasteiger partial charge in [0, 0.05) is 12.5 Å². The summed E-state index contributed by atoms with van der Waals surface area (Å²) in [5.41, 5.74) is 0. The molecule has 0 aromatic heterocycles. The van der Waals surface area contributed by atoms with E-state index in [0.717, 1.165) is 0 Å². The molecule has 3 atom stereocenters. The van der Waals surface area contributed by atoms with Gasteiger partial charge in [0.05, 0.1) is 31.4 Å². The average molecular weight is 327 g/mol. The van der Waals surface area contributed by atoms with E-state index in [9.17, 15) is 9.59 Å². The van der Waals surface area contributed by atoms with Crippen LogP contribution in [0.15, 0.2) is 12.3 Å². The van der Waals surface area contributed by atoms with Crippen LogP contribution in [-0.2, 0) is 18.8 Å². The summed E-state index contributed by atoms with van der Waals surface area (Å²) < 4.78 is 11.0. The first-order valence-corrected chi connectivity index (χ1v) is 10.6. The summed E-state index contributed by atoms with van der Waals surface area (Å²) >= 11 is 0. The van der Waals surface area contributed by atoms with Gasteiger partial charge in [-0.15, -0.1) is 0 Å². The standard InChI is InChI=1S/C16H29NO4Si/c1-11(21-22(6,7)16(2,3)4)14-13(17-15(14)19)10-12(18)8-9-20-5/h8-9,11,13-14H,10H2,1-7H3,(H,17,19)/t11-,13-,14-/m1/s1. The van der Waals surface area contributed by atoms with Gasteiger partial charge in [-0.05, 0) is 25.1 Å². The van der Waals surface area contributed by atoms with E-state index in [4.69, 9.17) is 9.16 Å². The number of methoxy groups -OCH3 is 1. The number of nitrogens with one attached hydrogen (secondary N) is 1. The Kier molecular flexibility index (Phi) is 5.98. The molecule has 0 aliphatic carbocycles. The van der Waals surface area contributed by atoms with Gasteiger partial charge >= 0.3 is 0 Å². The molecule has 1 heterocycles. The molecule has 1 saturated heterocycles. The topological polar surface area (TPSA) is 64.6 Å². The van der Waals surface area contributed by atoms with Crippen molar-refractivity contribution in [2.45, 2.75) is 64.4 Å². The minimum atomic E-state index is -1.93. The van der Waals surface area contributed by atoms with Crippen molar-refractivity contribution in [1.29, 1.82) is 0 Å². The first-order chi connectivity index (χ1) is 9.99. The van der Waals surface area contributed by atoms with Crippen LogP contribution in [0.5, 0.6) is 0 Å². The lowest BCUT2D eigenvalue weighted by molar-refractivity contribution is -0.140. The summed E-state index contributed by atoms with van der Waals surface area (Å²) in [4.78, 5) is 23.7.